The lowest BCUT2D eigenvalue weighted by atomic mass is 9.90. The van der Waals surface area contributed by atoms with E-state index in [-0.39, 0.29) is 5.88 Å². The van der Waals surface area contributed by atoms with Crippen molar-refractivity contribution < 1.29 is 5.11 Å². The van der Waals surface area contributed by atoms with Gasteiger partial charge in [-0.3, -0.25) is 0 Å². The van der Waals surface area contributed by atoms with Crippen molar-refractivity contribution >= 4 is 34.0 Å². The summed E-state index contributed by atoms with van der Waals surface area (Å²) in [6, 6.07) is 11.8. The summed E-state index contributed by atoms with van der Waals surface area (Å²) in [4.78, 5) is 0. The Hall–Kier alpha value is -1.68. The standard InChI is InChI=1S/C21H22Cl2N2O/c22-18-3-1-15(2-4-18)12-25-13-17-10-16(9-14-5-7-24-8-6-14)11-19(23)20(17)21(25)26/h1-4,10-11,13-14,24,26H,5-9,12H2. The molecule has 0 unspecified atom stereocenters. The van der Waals surface area contributed by atoms with Crippen LogP contribution in [0.5, 0.6) is 5.88 Å². The van der Waals surface area contributed by atoms with Crippen molar-refractivity contribution in [1.29, 1.82) is 0 Å². The number of nitrogens with zero attached hydrogens (tertiary/aromatic N) is 1. The predicted molar refractivity (Wildman–Crippen MR) is 108 cm³/mol. The number of hydrogen-bond acceptors (Lipinski definition) is 2. The number of piperidine rings is 1. The third kappa shape index (κ3) is 3.71. The quantitative estimate of drug-likeness (QED) is 0.640. The van der Waals surface area contributed by atoms with Gasteiger partial charge in [0.15, 0.2) is 0 Å². The van der Waals surface area contributed by atoms with Crippen LogP contribution in [0.25, 0.3) is 10.8 Å². The van der Waals surface area contributed by atoms with Crippen molar-refractivity contribution in [3.8, 4) is 5.88 Å². The Morgan fingerprint density at radius 3 is 2.50 bits per heavy atom. The third-order valence-corrected chi connectivity index (χ3v) is 5.77. The predicted octanol–water partition coefficient (Wildman–Crippen LogP) is 5.24. The lowest BCUT2D eigenvalue weighted by Gasteiger charge is -2.22. The zero-order valence-corrected chi connectivity index (χ0v) is 16.0. The molecular formula is C21H22Cl2N2O. The summed E-state index contributed by atoms with van der Waals surface area (Å²) in [6.45, 7) is 2.77. The molecule has 1 saturated heterocycles. The van der Waals surface area contributed by atoms with Crippen molar-refractivity contribution in [2.24, 2.45) is 5.92 Å². The first kappa shape index (κ1) is 17.7. The largest absolute Gasteiger partial charge is 0.494 e. The number of hydrogen-bond donors (Lipinski definition) is 2. The van der Waals surface area contributed by atoms with Gasteiger partial charge in [-0.05, 0) is 73.7 Å². The van der Waals surface area contributed by atoms with E-state index in [1.807, 2.05) is 41.1 Å². The molecule has 2 N–H and O–H groups in total. The lowest BCUT2D eigenvalue weighted by Crippen LogP contribution is -2.28. The van der Waals surface area contributed by atoms with E-state index in [1.54, 1.807) is 0 Å². The van der Waals surface area contributed by atoms with Crippen molar-refractivity contribution in [3.05, 3.63) is 63.8 Å². The highest BCUT2D eigenvalue weighted by Gasteiger charge is 2.17. The third-order valence-electron chi connectivity index (χ3n) is 5.22. The molecule has 0 saturated carbocycles. The maximum Gasteiger partial charge on any atom is 0.200 e. The van der Waals surface area contributed by atoms with E-state index in [1.165, 1.54) is 18.4 Å². The second-order valence-corrected chi connectivity index (χ2v) is 7.99. The minimum Gasteiger partial charge on any atom is -0.494 e. The van der Waals surface area contributed by atoms with E-state index in [9.17, 15) is 5.11 Å². The molecule has 0 atom stereocenters. The van der Waals surface area contributed by atoms with Gasteiger partial charge < -0.3 is 15.0 Å². The van der Waals surface area contributed by atoms with Crippen LogP contribution in [0.4, 0.5) is 0 Å². The van der Waals surface area contributed by atoms with E-state index >= 15 is 0 Å². The number of aromatic hydroxyl groups is 1. The van der Waals surface area contributed by atoms with Gasteiger partial charge in [0.05, 0.1) is 17.0 Å². The van der Waals surface area contributed by atoms with Gasteiger partial charge in [-0.15, -0.1) is 0 Å². The van der Waals surface area contributed by atoms with Gasteiger partial charge in [-0.25, -0.2) is 0 Å². The molecule has 1 fully saturated rings. The zero-order valence-electron chi connectivity index (χ0n) is 14.5. The second-order valence-electron chi connectivity index (χ2n) is 7.15. The van der Waals surface area contributed by atoms with Crippen LogP contribution in [-0.4, -0.2) is 22.8 Å². The van der Waals surface area contributed by atoms with Crippen LogP contribution >= 0.6 is 23.2 Å². The van der Waals surface area contributed by atoms with Crippen LogP contribution < -0.4 is 5.32 Å². The molecule has 2 heterocycles. The number of halogens is 2. The fraction of sp³-hybridized carbons (Fsp3) is 0.333. The van der Waals surface area contributed by atoms with Gasteiger partial charge in [0.2, 0.25) is 5.88 Å². The zero-order chi connectivity index (χ0) is 18.1. The Balaban J connectivity index is 1.62. The molecule has 0 radical (unpaired) electrons. The van der Waals surface area contributed by atoms with Gasteiger partial charge in [-0.2, -0.15) is 0 Å². The molecule has 0 spiro atoms. The van der Waals surface area contributed by atoms with E-state index in [0.717, 1.165) is 35.8 Å². The summed E-state index contributed by atoms with van der Waals surface area (Å²) in [5.41, 5.74) is 2.33. The van der Waals surface area contributed by atoms with Gasteiger partial charge in [0.1, 0.15) is 0 Å². The minimum atomic E-state index is 0.216. The van der Waals surface area contributed by atoms with Crippen molar-refractivity contribution in [3.63, 3.8) is 0 Å². The number of nitrogens with one attached hydrogen (secondary N) is 1. The Labute approximate surface area is 163 Å². The minimum absolute atomic E-state index is 0.216. The molecule has 3 aromatic rings. The average Bonchev–Trinajstić information content (AvgIpc) is 2.94. The topological polar surface area (TPSA) is 37.2 Å². The lowest BCUT2D eigenvalue weighted by molar-refractivity contribution is 0.373. The first-order chi connectivity index (χ1) is 12.6. The van der Waals surface area contributed by atoms with Crippen LogP contribution in [-0.2, 0) is 13.0 Å². The fourth-order valence-corrected chi connectivity index (χ4v) is 4.30. The highest BCUT2D eigenvalue weighted by molar-refractivity contribution is 6.36. The van der Waals surface area contributed by atoms with Crippen LogP contribution in [0, 0.1) is 5.92 Å². The maximum atomic E-state index is 10.6. The highest BCUT2D eigenvalue weighted by atomic mass is 35.5. The molecule has 1 aliphatic heterocycles. The molecule has 1 aliphatic rings. The molecule has 0 aliphatic carbocycles. The second kappa shape index (κ2) is 7.51. The van der Waals surface area contributed by atoms with Crippen LogP contribution in [0.15, 0.2) is 42.6 Å². The molecule has 0 bridgehead atoms. The van der Waals surface area contributed by atoms with E-state index in [0.29, 0.717) is 22.5 Å². The van der Waals surface area contributed by atoms with Crippen molar-refractivity contribution in [1.82, 2.24) is 9.88 Å². The van der Waals surface area contributed by atoms with Crippen LogP contribution in [0.2, 0.25) is 10.0 Å². The summed E-state index contributed by atoms with van der Waals surface area (Å²) in [5.74, 6) is 0.919. The SMILES string of the molecule is Oc1c2c(Cl)cc(CC3CCNCC3)cc2cn1Cc1ccc(Cl)cc1. The molecular weight excluding hydrogens is 367 g/mol. The fourth-order valence-electron chi connectivity index (χ4n) is 3.84. The van der Waals surface area contributed by atoms with E-state index in [2.05, 4.69) is 11.4 Å². The number of aromatic nitrogens is 1. The molecule has 3 nitrogen and oxygen atoms in total. The smallest absolute Gasteiger partial charge is 0.200 e. The number of fused-ring (bicyclic) bond motifs is 1. The maximum absolute atomic E-state index is 10.6. The van der Waals surface area contributed by atoms with Gasteiger partial charge in [-0.1, -0.05) is 35.3 Å². The van der Waals surface area contributed by atoms with Crippen molar-refractivity contribution in [2.45, 2.75) is 25.8 Å². The normalized spacial score (nSPS) is 15.6. The van der Waals surface area contributed by atoms with E-state index in [4.69, 9.17) is 23.2 Å². The molecule has 4 rings (SSSR count). The number of rotatable bonds is 4. The molecule has 5 heteroatoms. The Bertz CT molecular complexity index is 912. The van der Waals surface area contributed by atoms with E-state index < -0.39 is 0 Å². The molecule has 1 aromatic heterocycles. The summed E-state index contributed by atoms with van der Waals surface area (Å²) >= 11 is 12.5. The van der Waals surface area contributed by atoms with Crippen LogP contribution in [0.3, 0.4) is 0 Å². The summed E-state index contributed by atoms with van der Waals surface area (Å²) in [5, 5.41) is 17.1. The molecule has 0 amide bonds. The van der Waals surface area contributed by atoms with Crippen LogP contribution in [0.1, 0.15) is 24.0 Å². The summed E-state index contributed by atoms with van der Waals surface area (Å²) < 4.78 is 1.84. The first-order valence-electron chi connectivity index (χ1n) is 9.05. The van der Waals surface area contributed by atoms with Crippen molar-refractivity contribution in [2.75, 3.05) is 13.1 Å². The average molecular weight is 389 g/mol. The molecule has 136 valence electrons. The monoisotopic (exact) mass is 388 g/mol. The Morgan fingerprint density at radius 2 is 1.77 bits per heavy atom. The Kier molecular flexibility index (Phi) is 5.12. The van der Waals surface area contributed by atoms with Gasteiger partial charge in [0, 0.05) is 16.6 Å². The first-order valence-corrected chi connectivity index (χ1v) is 9.81. The van der Waals surface area contributed by atoms with Gasteiger partial charge >= 0.3 is 0 Å². The number of benzene rings is 2. The summed E-state index contributed by atoms with van der Waals surface area (Å²) in [6.07, 6.45) is 5.44. The van der Waals surface area contributed by atoms with Gasteiger partial charge in [0.25, 0.3) is 0 Å². The molecule has 26 heavy (non-hydrogen) atoms. The summed E-state index contributed by atoms with van der Waals surface area (Å²) in [7, 11) is 0. The highest BCUT2D eigenvalue weighted by Crippen LogP contribution is 2.36. The Morgan fingerprint density at radius 1 is 1.04 bits per heavy atom. The molecule has 2 aromatic carbocycles.